The van der Waals surface area contributed by atoms with Crippen LogP contribution in [0.25, 0.3) is 0 Å². The third-order valence-corrected chi connectivity index (χ3v) is 5.64. The maximum absolute atomic E-state index is 13.5. The molecule has 3 aromatic rings. The molecule has 2 aromatic carbocycles. The van der Waals surface area contributed by atoms with Gasteiger partial charge in [0, 0.05) is 23.7 Å². The number of aryl methyl sites for hydroxylation is 1. The summed E-state index contributed by atoms with van der Waals surface area (Å²) >= 11 is 0. The topological polar surface area (TPSA) is 92.7 Å². The Labute approximate surface area is 183 Å². The molecular weight excluding hydrogens is 442 g/mol. The Morgan fingerprint density at radius 2 is 1.66 bits per heavy atom. The first kappa shape index (κ1) is 21.6. The molecule has 0 N–H and O–H groups in total. The molecule has 0 bridgehead atoms. The Hall–Kier alpha value is -3.60. The normalized spacial score (nSPS) is 14.0. The summed E-state index contributed by atoms with van der Waals surface area (Å²) in [5.74, 6) is 0.0275. The molecule has 0 saturated carbocycles. The van der Waals surface area contributed by atoms with E-state index in [1.54, 1.807) is 12.1 Å². The smallest absolute Gasteiger partial charge is 0.387 e. The van der Waals surface area contributed by atoms with Gasteiger partial charge in [-0.2, -0.15) is 13.8 Å². The molecule has 0 unspecified atom stereocenters. The van der Waals surface area contributed by atoms with Crippen LogP contribution in [0.3, 0.4) is 0 Å². The summed E-state index contributed by atoms with van der Waals surface area (Å²) in [6.45, 7) is -0.933. The molecule has 4 rings (SSSR count). The third kappa shape index (κ3) is 4.24. The SMILES string of the molecule is Cc1ccc(N2Cc3cnc(S(C)(=O)=O)nc3N(c3ccc(OC(F)F)cc3)C2=O)cc1. The van der Waals surface area contributed by atoms with E-state index in [-0.39, 0.29) is 18.1 Å². The van der Waals surface area contributed by atoms with Crippen LogP contribution in [0, 0.1) is 6.92 Å². The van der Waals surface area contributed by atoms with Crippen molar-refractivity contribution in [3.8, 4) is 5.75 Å². The van der Waals surface area contributed by atoms with Crippen LogP contribution in [0.5, 0.6) is 5.75 Å². The quantitative estimate of drug-likeness (QED) is 0.533. The minimum Gasteiger partial charge on any atom is -0.435 e. The monoisotopic (exact) mass is 460 g/mol. The molecule has 2 heterocycles. The number of amides is 2. The van der Waals surface area contributed by atoms with Gasteiger partial charge in [-0.15, -0.1) is 0 Å². The van der Waals surface area contributed by atoms with Gasteiger partial charge in [-0.3, -0.25) is 4.90 Å². The van der Waals surface area contributed by atoms with Crippen LogP contribution in [0.4, 0.5) is 30.8 Å². The molecule has 1 aromatic heterocycles. The Bertz CT molecular complexity index is 1270. The fourth-order valence-electron chi connectivity index (χ4n) is 3.25. The maximum Gasteiger partial charge on any atom is 0.387 e. The number of carbonyl (C=O) groups excluding carboxylic acids is 1. The lowest BCUT2D eigenvalue weighted by Crippen LogP contribution is -2.45. The molecule has 0 fully saturated rings. The van der Waals surface area contributed by atoms with Gasteiger partial charge in [0.25, 0.3) is 0 Å². The molecular formula is C21H18F2N4O4S. The minimum absolute atomic E-state index is 0.0802. The molecule has 11 heteroatoms. The van der Waals surface area contributed by atoms with E-state index in [0.717, 1.165) is 11.8 Å². The van der Waals surface area contributed by atoms with E-state index in [4.69, 9.17) is 0 Å². The van der Waals surface area contributed by atoms with Gasteiger partial charge in [0.2, 0.25) is 15.0 Å². The van der Waals surface area contributed by atoms with E-state index in [2.05, 4.69) is 14.7 Å². The van der Waals surface area contributed by atoms with Crippen molar-refractivity contribution in [1.82, 2.24) is 9.97 Å². The van der Waals surface area contributed by atoms with E-state index in [1.807, 2.05) is 19.1 Å². The fourth-order valence-corrected chi connectivity index (χ4v) is 3.75. The predicted octanol–water partition coefficient (Wildman–Crippen LogP) is 4.07. The van der Waals surface area contributed by atoms with Crippen molar-refractivity contribution in [1.29, 1.82) is 0 Å². The Kier molecular flexibility index (Phi) is 5.51. The van der Waals surface area contributed by atoms with E-state index in [9.17, 15) is 22.0 Å². The Morgan fingerprint density at radius 1 is 1.03 bits per heavy atom. The van der Waals surface area contributed by atoms with Crippen molar-refractivity contribution in [2.24, 2.45) is 0 Å². The highest BCUT2D eigenvalue weighted by atomic mass is 32.2. The number of nitrogens with zero attached hydrogens (tertiary/aromatic N) is 4. The van der Waals surface area contributed by atoms with Crippen LogP contribution in [0.2, 0.25) is 0 Å². The molecule has 0 saturated heterocycles. The number of hydrogen-bond donors (Lipinski definition) is 0. The summed E-state index contributed by atoms with van der Waals surface area (Å²) in [5, 5.41) is -0.421. The molecule has 1 aliphatic rings. The van der Waals surface area contributed by atoms with E-state index in [0.29, 0.717) is 16.9 Å². The van der Waals surface area contributed by atoms with Crippen molar-refractivity contribution in [3.05, 3.63) is 65.9 Å². The summed E-state index contributed by atoms with van der Waals surface area (Å²) in [6.07, 6.45) is 2.34. The average Bonchev–Trinajstić information content (AvgIpc) is 2.73. The fraction of sp³-hybridized carbons (Fsp3) is 0.190. The maximum atomic E-state index is 13.5. The van der Waals surface area contributed by atoms with Gasteiger partial charge in [-0.25, -0.2) is 23.1 Å². The predicted molar refractivity (Wildman–Crippen MR) is 113 cm³/mol. The highest BCUT2D eigenvalue weighted by Crippen LogP contribution is 2.36. The van der Waals surface area contributed by atoms with Gasteiger partial charge in [0.1, 0.15) is 5.75 Å². The summed E-state index contributed by atoms with van der Waals surface area (Å²) in [7, 11) is -3.73. The van der Waals surface area contributed by atoms with E-state index >= 15 is 0 Å². The zero-order valence-corrected chi connectivity index (χ0v) is 17.9. The van der Waals surface area contributed by atoms with Crippen LogP contribution in [-0.4, -0.2) is 37.3 Å². The standard InChI is InChI=1S/C21H18F2N4O4S/c1-13-3-5-15(6-4-13)26-12-14-11-24-20(32(2,29)30)25-18(14)27(21(26)28)16-7-9-17(10-8-16)31-19(22)23/h3-11,19H,12H2,1-2H3. The lowest BCUT2D eigenvalue weighted by molar-refractivity contribution is -0.0498. The average molecular weight is 460 g/mol. The van der Waals surface area contributed by atoms with Crippen LogP contribution < -0.4 is 14.5 Å². The molecule has 0 atom stereocenters. The summed E-state index contributed by atoms with van der Waals surface area (Å²) in [6, 6.07) is 12.2. The lowest BCUT2D eigenvalue weighted by atomic mass is 10.1. The van der Waals surface area contributed by atoms with Crippen LogP contribution in [0.1, 0.15) is 11.1 Å². The zero-order chi connectivity index (χ0) is 23.0. The first-order chi connectivity index (χ1) is 15.1. The lowest BCUT2D eigenvalue weighted by Gasteiger charge is -2.36. The molecule has 8 nitrogen and oxygen atoms in total. The van der Waals surface area contributed by atoms with Crippen LogP contribution >= 0.6 is 0 Å². The molecule has 0 radical (unpaired) electrons. The summed E-state index contributed by atoms with van der Waals surface area (Å²) in [5.41, 5.74) is 2.46. The second-order valence-corrected chi connectivity index (χ2v) is 9.10. The number of anilines is 3. The highest BCUT2D eigenvalue weighted by molar-refractivity contribution is 7.90. The van der Waals surface area contributed by atoms with Crippen molar-refractivity contribution in [3.63, 3.8) is 0 Å². The van der Waals surface area contributed by atoms with Crippen molar-refractivity contribution < 1.29 is 26.7 Å². The number of hydrogen-bond acceptors (Lipinski definition) is 6. The highest BCUT2D eigenvalue weighted by Gasteiger charge is 2.35. The van der Waals surface area contributed by atoms with Gasteiger partial charge in [0.15, 0.2) is 5.82 Å². The van der Waals surface area contributed by atoms with E-state index < -0.39 is 27.6 Å². The minimum atomic E-state index is -3.73. The number of fused-ring (bicyclic) bond motifs is 1. The number of ether oxygens (including phenoxy) is 1. The number of urea groups is 1. The van der Waals surface area contributed by atoms with Gasteiger partial charge < -0.3 is 4.74 Å². The number of halogens is 2. The second kappa shape index (κ2) is 8.15. The van der Waals surface area contributed by atoms with Gasteiger partial charge >= 0.3 is 12.6 Å². The molecule has 1 aliphatic heterocycles. The zero-order valence-electron chi connectivity index (χ0n) is 17.1. The van der Waals surface area contributed by atoms with Gasteiger partial charge in [-0.05, 0) is 43.3 Å². The number of benzene rings is 2. The van der Waals surface area contributed by atoms with E-state index in [1.165, 1.54) is 40.3 Å². The van der Waals surface area contributed by atoms with Gasteiger partial charge in [-0.1, -0.05) is 17.7 Å². The second-order valence-electron chi connectivity index (χ2n) is 7.19. The van der Waals surface area contributed by atoms with Crippen molar-refractivity contribution in [2.45, 2.75) is 25.2 Å². The van der Waals surface area contributed by atoms with Gasteiger partial charge in [0.05, 0.1) is 12.2 Å². The number of carbonyl (C=O) groups is 1. The van der Waals surface area contributed by atoms with Crippen molar-refractivity contribution >= 4 is 33.1 Å². The summed E-state index contributed by atoms with van der Waals surface area (Å²) < 4.78 is 53.3. The van der Waals surface area contributed by atoms with Crippen LogP contribution in [-0.2, 0) is 16.4 Å². The Balaban J connectivity index is 1.83. The first-order valence-corrected chi connectivity index (χ1v) is 11.3. The number of aromatic nitrogens is 2. The van der Waals surface area contributed by atoms with Crippen LogP contribution in [0.15, 0.2) is 59.9 Å². The first-order valence-electron chi connectivity index (χ1n) is 9.42. The number of sulfone groups is 1. The molecule has 0 aliphatic carbocycles. The molecule has 2 amide bonds. The molecule has 166 valence electrons. The number of rotatable bonds is 5. The third-order valence-electron chi connectivity index (χ3n) is 4.78. The Morgan fingerprint density at radius 3 is 2.25 bits per heavy atom. The summed E-state index contributed by atoms with van der Waals surface area (Å²) in [4.78, 5) is 24.3. The van der Waals surface area contributed by atoms with Crippen molar-refractivity contribution in [2.75, 3.05) is 16.1 Å². The molecule has 32 heavy (non-hydrogen) atoms. The largest absolute Gasteiger partial charge is 0.435 e. The number of alkyl halides is 2. The molecule has 0 spiro atoms.